The highest BCUT2D eigenvalue weighted by Crippen LogP contribution is 2.18. The summed E-state index contributed by atoms with van der Waals surface area (Å²) in [6.07, 6.45) is 8.71. The molecule has 0 saturated carbocycles. The van der Waals surface area contributed by atoms with E-state index in [0.29, 0.717) is 6.04 Å². The Morgan fingerprint density at radius 3 is 2.73 bits per heavy atom. The van der Waals surface area contributed by atoms with Crippen molar-refractivity contribution in [3.8, 4) is 0 Å². The lowest BCUT2D eigenvalue weighted by Crippen LogP contribution is -2.50. The van der Waals surface area contributed by atoms with E-state index in [1.807, 2.05) is 18.8 Å². The number of unbranched alkanes of at least 4 members (excludes halogenated alkanes) is 1. The molecule has 0 spiro atoms. The fourth-order valence-corrected chi connectivity index (χ4v) is 3.43. The lowest BCUT2D eigenvalue weighted by Gasteiger charge is -2.38. The molecular weight excluding hydrogens is 407 g/mol. The van der Waals surface area contributed by atoms with E-state index in [2.05, 4.69) is 40.6 Å². The van der Waals surface area contributed by atoms with Gasteiger partial charge in [-0.15, -0.1) is 24.0 Å². The van der Waals surface area contributed by atoms with Crippen molar-refractivity contribution < 1.29 is 0 Å². The zero-order valence-corrected chi connectivity index (χ0v) is 17.9. The van der Waals surface area contributed by atoms with Gasteiger partial charge >= 0.3 is 0 Å². The number of hydrogen-bond donors (Lipinski definition) is 2. The molecule has 132 valence electrons. The Balaban J connectivity index is 0.00000441. The van der Waals surface area contributed by atoms with Crippen molar-refractivity contribution in [2.75, 3.05) is 38.7 Å². The summed E-state index contributed by atoms with van der Waals surface area (Å²) in [7, 11) is 1.85. The molecule has 2 atom stereocenters. The SMILES string of the molecule is CN=C(NCCCCSC)NCC(C)N1CCCCC1C.I. The monoisotopic (exact) mass is 442 g/mol. The summed E-state index contributed by atoms with van der Waals surface area (Å²) >= 11 is 1.92. The smallest absolute Gasteiger partial charge is 0.191 e. The maximum atomic E-state index is 4.31. The zero-order valence-electron chi connectivity index (χ0n) is 14.7. The van der Waals surface area contributed by atoms with Crippen LogP contribution in [0.25, 0.3) is 0 Å². The first-order chi connectivity index (χ1) is 10.2. The molecule has 0 radical (unpaired) electrons. The Labute approximate surface area is 158 Å². The predicted octanol–water partition coefficient (Wildman–Crippen LogP) is 3.18. The third-order valence-electron chi connectivity index (χ3n) is 4.28. The second kappa shape index (κ2) is 13.7. The van der Waals surface area contributed by atoms with Crippen molar-refractivity contribution in [2.45, 2.75) is 58.0 Å². The molecule has 2 N–H and O–H groups in total. The second-order valence-corrected chi connectivity index (χ2v) is 7.00. The van der Waals surface area contributed by atoms with E-state index < -0.39 is 0 Å². The number of piperidine rings is 1. The third kappa shape index (κ3) is 8.82. The number of halogens is 1. The molecule has 4 nitrogen and oxygen atoms in total. The molecular formula is C16H35IN4S. The van der Waals surface area contributed by atoms with E-state index in [-0.39, 0.29) is 24.0 Å². The molecule has 0 aromatic rings. The minimum absolute atomic E-state index is 0. The van der Waals surface area contributed by atoms with Crippen molar-refractivity contribution >= 4 is 41.7 Å². The average Bonchev–Trinajstić information content (AvgIpc) is 2.50. The van der Waals surface area contributed by atoms with Gasteiger partial charge in [0.2, 0.25) is 0 Å². The van der Waals surface area contributed by atoms with Crippen LogP contribution < -0.4 is 10.6 Å². The van der Waals surface area contributed by atoms with Crippen LogP contribution in [0, 0.1) is 0 Å². The van der Waals surface area contributed by atoms with Crippen LogP contribution in [0.3, 0.4) is 0 Å². The maximum Gasteiger partial charge on any atom is 0.191 e. The van der Waals surface area contributed by atoms with Gasteiger partial charge in [0.1, 0.15) is 0 Å². The van der Waals surface area contributed by atoms with Gasteiger partial charge < -0.3 is 10.6 Å². The Morgan fingerprint density at radius 1 is 1.32 bits per heavy atom. The van der Waals surface area contributed by atoms with Crippen molar-refractivity contribution in [1.29, 1.82) is 0 Å². The van der Waals surface area contributed by atoms with E-state index in [9.17, 15) is 0 Å². The van der Waals surface area contributed by atoms with Crippen LogP contribution in [-0.4, -0.2) is 61.6 Å². The number of likely N-dealkylation sites (tertiary alicyclic amines) is 1. The predicted molar refractivity (Wildman–Crippen MR) is 112 cm³/mol. The van der Waals surface area contributed by atoms with Crippen molar-refractivity contribution in [3.05, 3.63) is 0 Å². The van der Waals surface area contributed by atoms with Crippen molar-refractivity contribution in [2.24, 2.45) is 4.99 Å². The molecule has 0 bridgehead atoms. The lowest BCUT2D eigenvalue weighted by atomic mass is 10.0. The molecule has 1 heterocycles. The van der Waals surface area contributed by atoms with Gasteiger partial charge in [-0.05, 0) is 58.1 Å². The highest BCUT2D eigenvalue weighted by Gasteiger charge is 2.22. The molecule has 22 heavy (non-hydrogen) atoms. The van der Waals surface area contributed by atoms with Crippen LogP contribution >= 0.6 is 35.7 Å². The van der Waals surface area contributed by atoms with Gasteiger partial charge in [-0.3, -0.25) is 9.89 Å². The highest BCUT2D eigenvalue weighted by atomic mass is 127. The molecule has 1 aliphatic heterocycles. The van der Waals surface area contributed by atoms with Gasteiger partial charge in [0.15, 0.2) is 5.96 Å². The Kier molecular flexibility index (Phi) is 13.9. The fraction of sp³-hybridized carbons (Fsp3) is 0.938. The third-order valence-corrected chi connectivity index (χ3v) is 4.97. The Morgan fingerprint density at radius 2 is 2.09 bits per heavy atom. The largest absolute Gasteiger partial charge is 0.356 e. The van der Waals surface area contributed by atoms with Crippen LogP contribution in [0.2, 0.25) is 0 Å². The molecule has 0 amide bonds. The Bertz CT molecular complexity index is 302. The van der Waals surface area contributed by atoms with Crippen molar-refractivity contribution in [1.82, 2.24) is 15.5 Å². The first-order valence-electron chi connectivity index (χ1n) is 8.38. The van der Waals surface area contributed by atoms with Crippen LogP contribution in [-0.2, 0) is 0 Å². The molecule has 0 aromatic carbocycles. The van der Waals surface area contributed by atoms with Gasteiger partial charge in [0.25, 0.3) is 0 Å². The minimum atomic E-state index is 0. The number of rotatable bonds is 8. The number of guanidine groups is 1. The van der Waals surface area contributed by atoms with Gasteiger partial charge in [-0.25, -0.2) is 0 Å². The molecule has 1 rings (SSSR count). The van der Waals surface area contributed by atoms with Gasteiger partial charge in [0.05, 0.1) is 0 Å². The highest BCUT2D eigenvalue weighted by molar-refractivity contribution is 14.0. The van der Waals surface area contributed by atoms with Crippen LogP contribution in [0.5, 0.6) is 0 Å². The number of hydrogen-bond acceptors (Lipinski definition) is 3. The minimum Gasteiger partial charge on any atom is -0.356 e. The molecule has 1 aliphatic rings. The van der Waals surface area contributed by atoms with E-state index in [0.717, 1.165) is 25.1 Å². The lowest BCUT2D eigenvalue weighted by molar-refractivity contribution is 0.115. The average molecular weight is 442 g/mol. The number of nitrogens with zero attached hydrogens (tertiary/aromatic N) is 2. The van der Waals surface area contributed by atoms with E-state index in [1.165, 1.54) is 44.4 Å². The van der Waals surface area contributed by atoms with Crippen LogP contribution in [0.15, 0.2) is 4.99 Å². The molecule has 0 aromatic heterocycles. The normalized spacial score (nSPS) is 21.1. The zero-order chi connectivity index (χ0) is 15.5. The van der Waals surface area contributed by atoms with E-state index in [4.69, 9.17) is 0 Å². The molecule has 0 aliphatic carbocycles. The standard InChI is InChI=1S/C16H34N4S.HI/c1-14-9-5-7-11-20(14)15(2)13-19-16(17-3)18-10-6-8-12-21-4;/h14-15H,5-13H2,1-4H3,(H2,17,18,19);1H. The first kappa shape index (κ1) is 22.3. The number of nitrogens with one attached hydrogen (secondary N) is 2. The van der Waals surface area contributed by atoms with Gasteiger partial charge in [-0.2, -0.15) is 11.8 Å². The molecule has 1 fully saturated rings. The molecule has 1 saturated heterocycles. The van der Waals surface area contributed by atoms with Crippen LogP contribution in [0.1, 0.15) is 46.0 Å². The van der Waals surface area contributed by atoms with Gasteiger partial charge in [-0.1, -0.05) is 6.42 Å². The summed E-state index contributed by atoms with van der Waals surface area (Å²) in [6, 6.07) is 1.28. The van der Waals surface area contributed by atoms with Gasteiger partial charge in [0, 0.05) is 32.2 Å². The summed E-state index contributed by atoms with van der Waals surface area (Å²) in [6.45, 7) is 7.89. The topological polar surface area (TPSA) is 39.7 Å². The molecule has 2 unspecified atom stereocenters. The van der Waals surface area contributed by atoms with Crippen molar-refractivity contribution in [3.63, 3.8) is 0 Å². The summed E-state index contributed by atoms with van der Waals surface area (Å²) < 4.78 is 0. The summed E-state index contributed by atoms with van der Waals surface area (Å²) in [4.78, 5) is 6.94. The van der Waals surface area contributed by atoms with Crippen LogP contribution in [0.4, 0.5) is 0 Å². The Hall–Kier alpha value is 0.310. The second-order valence-electron chi connectivity index (χ2n) is 6.01. The molecule has 6 heteroatoms. The summed E-state index contributed by atoms with van der Waals surface area (Å²) in [5.74, 6) is 2.19. The van der Waals surface area contributed by atoms with E-state index >= 15 is 0 Å². The summed E-state index contributed by atoms with van der Waals surface area (Å²) in [5, 5.41) is 6.88. The summed E-state index contributed by atoms with van der Waals surface area (Å²) in [5.41, 5.74) is 0. The number of aliphatic imine (C=N–C) groups is 1. The van der Waals surface area contributed by atoms with E-state index in [1.54, 1.807) is 0 Å². The number of thioether (sulfide) groups is 1. The quantitative estimate of drug-likeness (QED) is 0.262. The maximum absolute atomic E-state index is 4.31. The first-order valence-corrected chi connectivity index (χ1v) is 9.77. The fourth-order valence-electron chi connectivity index (χ4n) is 2.94.